The number of pyridine rings is 1. The molecule has 3 aromatic rings. The Morgan fingerprint density at radius 2 is 1.97 bits per heavy atom. The van der Waals surface area contributed by atoms with Crippen LogP contribution in [-0.2, 0) is 4.74 Å². The molecule has 0 bridgehead atoms. The fourth-order valence-corrected chi connectivity index (χ4v) is 5.57. The third-order valence-corrected chi connectivity index (χ3v) is 7.43. The molecule has 0 aliphatic heterocycles. The van der Waals surface area contributed by atoms with Crippen LogP contribution in [0.5, 0.6) is 0 Å². The van der Waals surface area contributed by atoms with Gasteiger partial charge in [-0.2, -0.15) is 4.98 Å². The van der Waals surface area contributed by atoms with Gasteiger partial charge in [-0.25, -0.2) is 15.0 Å². The van der Waals surface area contributed by atoms with Gasteiger partial charge in [-0.05, 0) is 47.1 Å². The van der Waals surface area contributed by atoms with E-state index >= 15 is 0 Å². The predicted octanol–water partition coefficient (Wildman–Crippen LogP) is 2.17. The van der Waals surface area contributed by atoms with Crippen LogP contribution in [0.3, 0.4) is 0 Å². The summed E-state index contributed by atoms with van der Waals surface area (Å²) < 4.78 is 6.48. The molecule has 36 heavy (non-hydrogen) atoms. The number of aryl methyl sites for hydroxylation is 1. The summed E-state index contributed by atoms with van der Waals surface area (Å²) in [5, 5.41) is 39.1. The second-order valence-electron chi connectivity index (χ2n) is 9.99. The number of aromatic nitrogens is 4. The molecule has 0 aromatic carbocycles. The number of nitrogen functional groups attached to an aromatic ring is 1. The molecule has 1 aliphatic rings. The summed E-state index contributed by atoms with van der Waals surface area (Å²) in [7, 11) is 0. The summed E-state index contributed by atoms with van der Waals surface area (Å²) in [5.41, 5.74) is 6.85. The minimum Gasteiger partial charge on any atom is -0.390 e. The third kappa shape index (κ3) is 5.52. The Labute approximate surface area is 214 Å². The molecule has 3 aromatic heterocycles. The highest BCUT2D eigenvalue weighted by Crippen LogP contribution is 2.40. The first-order valence-corrected chi connectivity index (χ1v) is 12.9. The maximum Gasteiger partial charge on any atom is 0.224 e. The summed E-state index contributed by atoms with van der Waals surface area (Å²) in [4.78, 5) is 18.2. The van der Waals surface area contributed by atoms with Gasteiger partial charge in [-0.3, -0.25) is 0 Å². The average Bonchev–Trinajstić information content (AvgIpc) is 3.34. The number of hydrogen-bond donors (Lipinski definition) is 6. The quantitative estimate of drug-likeness (QED) is 0.230. The van der Waals surface area contributed by atoms with Crippen molar-refractivity contribution >= 4 is 39.1 Å². The lowest BCUT2D eigenvalue weighted by atomic mass is 9.88. The summed E-state index contributed by atoms with van der Waals surface area (Å²) in [6, 6.07) is 1.31. The summed E-state index contributed by atoms with van der Waals surface area (Å²) in [6.45, 7) is 10.1. The van der Waals surface area contributed by atoms with Gasteiger partial charge in [-0.15, -0.1) is 11.3 Å². The molecular formula is C24H35N7O4S. The second-order valence-corrected chi connectivity index (χ2v) is 11.0. The van der Waals surface area contributed by atoms with Crippen LogP contribution in [0, 0.1) is 12.8 Å². The zero-order valence-electron chi connectivity index (χ0n) is 21.2. The predicted molar refractivity (Wildman–Crippen MR) is 141 cm³/mol. The van der Waals surface area contributed by atoms with Crippen LogP contribution in [0.4, 0.5) is 17.6 Å². The molecule has 0 radical (unpaired) electrons. The maximum atomic E-state index is 10.8. The highest BCUT2D eigenvalue weighted by molar-refractivity contribution is 7.21. The van der Waals surface area contributed by atoms with Gasteiger partial charge >= 0.3 is 0 Å². The Balaban J connectivity index is 1.70. The number of fused-ring (bicyclic) bond motifs is 1. The van der Waals surface area contributed by atoms with Gasteiger partial charge in [0, 0.05) is 18.7 Å². The van der Waals surface area contributed by atoms with Crippen LogP contribution >= 0.6 is 11.3 Å². The van der Waals surface area contributed by atoms with E-state index in [1.807, 2.05) is 26.8 Å². The number of nitrogens with two attached hydrogens (primary N) is 1. The lowest BCUT2D eigenvalue weighted by Gasteiger charge is -2.28. The van der Waals surface area contributed by atoms with Crippen LogP contribution in [0.25, 0.3) is 20.8 Å². The van der Waals surface area contributed by atoms with Gasteiger partial charge in [0.1, 0.15) is 22.4 Å². The Bertz CT molecular complexity index is 1210. The second kappa shape index (κ2) is 10.4. The van der Waals surface area contributed by atoms with E-state index in [-0.39, 0.29) is 6.10 Å². The standard InChI is InChI=1S/C24H35N7O4S/c1-11(2)35-9-8-27-23-28-12(3)16(22-30-17-15(36-22)6-7-26-20(17)25)21(31-23)29-14-10-13(24(4,5)34)18(32)19(14)33/h6-7,11,13-14,18-19,32-34H,8-10H2,1-5H3,(H2,25,26)(H2,27,28,29,31). The van der Waals surface area contributed by atoms with Gasteiger partial charge in [0.25, 0.3) is 0 Å². The third-order valence-electron chi connectivity index (χ3n) is 6.39. The summed E-state index contributed by atoms with van der Waals surface area (Å²) in [6.07, 6.45) is -0.0464. The molecule has 0 amide bonds. The molecule has 4 atom stereocenters. The molecule has 11 nitrogen and oxygen atoms in total. The largest absolute Gasteiger partial charge is 0.390 e. The van der Waals surface area contributed by atoms with Crippen LogP contribution in [0.15, 0.2) is 12.3 Å². The van der Waals surface area contributed by atoms with E-state index in [1.165, 1.54) is 11.3 Å². The Morgan fingerprint density at radius 3 is 2.61 bits per heavy atom. The van der Waals surface area contributed by atoms with Crippen LogP contribution in [0.1, 0.15) is 39.8 Å². The number of nitrogens with one attached hydrogen (secondary N) is 2. The van der Waals surface area contributed by atoms with Crippen LogP contribution in [0.2, 0.25) is 0 Å². The first kappa shape index (κ1) is 26.4. The lowest BCUT2D eigenvalue weighted by Crippen LogP contribution is -2.40. The van der Waals surface area contributed by atoms with Crippen molar-refractivity contribution in [1.29, 1.82) is 0 Å². The number of ether oxygens (including phenoxy) is 1. The molecule has 3 heterocycles. The Morgan fingerprint density at radius 1 is 1.22 bits per heavy atom. The van der Waals surface area contributed by atoms with Crippen molar-refractivity contribution in [3.05, 3.63) is 18.0 Å². The molecule has 4 unspecified atom stereocenters. The summed E-state index contributed by atoms with van der Waals surface area (Å²) >= 11 is 1.44. The van der Waals surface area contributed by atoms with E-state index in [1.54, 1.807) is 20.0 Å². The van der Waals surface area contributed by atoms with Crippen molar-refractivity contribution in [2.45, 2.75) is 71.0 Å². The van der Waals surface area contributed by atoms with Crippen molar-refractivity contribution in [1.82, 2.24) is 19.9 Å². The SMILES string of the molecule is Cc1nc(NCCOC(C)C)nc(NC2CC(C(C)(C)O)C(O)C2O)c1-c1nc2c(N)nccc2s1. The van der Waals surface area contributed by atoms with Crippen LogP contribution < -0.4 is 16.4 Å². The normalized spacial score (nSPS) is 22.5. The summed E-state index contributed by atoms with van der Waals surface area (Å²) in [5.74, 6) is 0.706. The lowest BCUT2D eigenvalue weighted by molar-refractivity contribution is -0.0601. The van der Waals surface area contributed by atoms with Crippen molar-refractivity contribution in [3.8, 4) is 10.6 Å². The van der Waals surface area contributed by atoms with E-state index in [2.05, 4.69) is 20.6 Å². The maximum absolute atomic E-state index is 10.8. The molecular weight excluding hydrogens is 482 g/mol. The first-order valence-electron chi connectivity index (χ1n) is 12.1. The average molecular weight is 518 g/mol. The zero-order valence-corrected chi connectivity index (χ0v) is 22.0. The number of thiazole rings is 1. The van der Waals surface area contributed by atoms with E-state index in [0.29, 0.717) is 58.9 Å². The molecule has 12 heteroatoms. The van der Waals surface area contributed by atoms with Gasteiger partial charge < -0.3 is 36.4 Å². The smallest absolute Gasteiger partial charge is 0.224 e. The topological polar surface area (TPSA) is 172 Å². The molecule has 1 fully saturated rings. The van der Waals surface area contributed by atoms with Gasteiger partial charge in [0.05, 0.1) is 46.4 Å². The van der Waals surface area contributed by atoms with E-state index < -0.39 is 29.8 Å². The molecule has 4 rings (SSSR count). The number of hydrogen-bond acceptors (Lipinski definition) is 12. The van der Waals surface area contributed by atoms with Gasteiger partial charge in [-0.1, -0.05) is 0 Å². The molecule has 0 spiro atoms. The monoisotopic (exact) mass is 517 g/mol. The Kier molecular flexibility index (Phi) is 7.62. The van der Waals surface area contributed by atoms with E-state index in [4.69, 9.17) is 20.4 Å². The van der Waals surface area contributed by atoms with E-state index in [0.717, 1.165) is 4.70 Å². The highest BCUT2D eigenvalue weighted by Gasteiger charge is 2.48. The number of aliphatic hydroxyl groups is 3. The zero-order chi connectivity index (χ0) is 26.2. The van der Waals surface area contributed by atoms with E-state index in [9.17, 15) is 15.3 Å². The van der Waals surface area contributed by atoms with Gasteiger partial charge in [0.15, 0.2) is 5.82 Å². The molecule has 1 aliphatic carbocycles. The van der Waals surface area contributed by atoms with Crippen LogP contribution in [-0.4, -0.2) is 78.4 Å². The minimum atomic E-state index is -1.15. The van der Waals surface area contributed by atoms with Crippen molar-refractivity contribution in [3.63, 3.8) is 0 Å². The fraction of sp³-hybridized carbons (Fsp3) is 0.583. The molecule has 0 saturated heterocycles. The molecule has 196 valence electrons. The number of aliphatic hydroxyl groups excluding tert-OH is 2. The molecule has 1 saturated carbocycles. The Hall–Kier alpha value is -2.64. The van der Waals surface area contributed by atoms with Gasteiger partial charge in [0.2, 0.25) is 5.95 Å². The molecule has 7 N–H and O–H groups in total. The number of nitrogens with zero attached hydrogens (tertiary/aromatic N) is 4. The van der Waals surface area contributed by atoms with Crippen molar-refractivity contribution in [2.24, 2.45) is 5.92 Å². The van der Waals surface area contributed by atoms with Crippen molar-refractivity contribution < 1.29 is 20.1 Å². The number of rotatable bonds is 9. The fourth-order valence-electron chi connectivity index (χ4n) is 4.51. The minimum absolute atomic E-state index is 0.119. The van der Waals surface area contributed by atoms with Crippen molar-refractivity contribution in [2.75, 3.05) is 29.5 Å². The first-order chi connectivity index (χ1) is 17.0. The highest BCUT2D eigenvalue weighted by atomic mass is 32.1. The number of anilines is 3.